The molecule has 3 aromatic carbocycles. The summed E-state index contributed by atoms with van der Waals surface area (Å²) in [5.41, 5.74) is 1.10. The van der Waals surface area contributed by atoms with Gasteiger partial charge in [-0.2, -0.15) is 0 Å². The number of carbonyl (C=O) groups excluding carboxylic acids is 1. The van der Waals surface area contributed by atoms with Gasteiger partial charge in [0.25, 0.3) is 15.9 Å². The molecular formula is C21H18ClFN2O3S. The van der Waals surface area contributed by atoms with E-state index in [9.17, 15) is 17.6 Å². The lowest BCUT2D eigenvalue weighted by molar-refractivity contribution is 0.0785. The summed E-state index contributed by atoms with van der Waals surface area (Å²) < 4.78 is 40.6. The fourth-order valence-corrected chi connectivity index (χ4v) is 4.08. The van der Waals surface area contributed by atoms with Gasteiger partial charge < -0.3 is 4.90 Å². The number of hydrogen-bond donors (Lipinski definition) is 1. The molecule has 0 aromatic heterocycles. The van der Waals surface area contributed by atoms with Gasteiger partial charge in [0.05, 0.1) is 21.2 Å². The van der Waals surface area contributed by atoms with Gasteiger partial charge in [-0.15, -0.1) is 0 Å². The predicted molar refractivity (Wildman–Crippen MR) is 111 cm³/mol. The third-order valence-electron chi connectivity index (χ3n) is 4.16. The smallest absolute Gasteiger partial charge is 0.261 e. The number of carbonyl (C=O) groups is 1. The van der Waals surface area contributed by atoms with Crippen LogP contribution in [-0.2, 0) is 16.6 Å². The number of benzene rings is 3. The van der Waals surface area contributed by atoms with Gasteiger partial charge in [-0.1, -0.05) is 41.9 Å². The van der Waals surface area contributed by atoms with Crippen LogP contribution < -0.4 is 4.72 Å². The van der Waals surface area contributed by atoms with Crippen LogP contribution in [0.1, 0.15) is 15.9 Å². The van der Waals surface area contributed by atoms with Crippen LogP contribution in [0.2, 0.25) is 5.02 Å². The SMILES string of the molecule is CN(Cc1cccc(F)c1)C(=O)c1ccc(NS(=O)(=O)c2ccccc2)cc1Cl. The highest BCUT2D eigenvalue weighted by atomic mass is 35.5. The van der Waals surface area contributed by atoms with E-state index in [1.165, 1.54) is 47.4 Å². The molecule has 0 spiro atoms. The number of amides is 1. The van der Waals surface area contributed by atoms with Crippen LogP contribution in [-0.4, -0.2) is 26.3 Å². The highest BCUT2D eigenvalue weighted by Gasteiger charge is 2.18. The highest BCUT2D eigenvalue weighted by Crippen LogP contribution is 2.24. The molecule has 0 heterocycles. The molecule has 8 heteroatoms. The van der Waals surface area contributed by atoms with Crippen LogP contribution in [0.5, 0.6) is 0 Å². The lowest BCUT2D eigenvalue weighted by Gasteiger charge is -2.18. The zero-order valence-corrected chi connectivity index (χ0v) is 17.0. The average Bonchev–Trinajstić information content (AvgIpc) is 2.68. The Morgan fingerprint density at radius 2 is 1.76 bits per heavy atom. The topological polar surface area (TPSA) is 66.5 Å². The van der Waals surface area contributed by atoms with Crippen molar-refractivity contribution in [2.75, 3.05) is 11.8 Å². The molecule has 5 nitrogen and oxygen atoms in total. The molecule has 0 radical (unpaired) electrons. The molecule has 3 rings (SSSR count). The first-order valence-corrected chi connectivity index (χ1v) is 10.5. The lowest BCUT2D eigenvalue weighted by atomic mass is 10.1. The molecule has 0 bridgehead atoms. The molecule has 1 amide bonds. The molecular weight excluding hydrogens is 415 g/mol. The maximum atomic E-state index is 13.3. The second-order valence-electron chi connectivity index (χ2n) is 6.40. The monoisotopic (exact) mass is 432 g/mol. The van der Waals surface area contributed by atoms with Gasteiger partial charge in [0.2, 0.25) is 0 Å². The first-order valence-electron chi connectivity index (χ1n) is 8.63. The molecule has 1 N–H and O–H groups in total. The van der Waals surface area contributed by atoms with Crippen LogP contribution in [0.4, 0.5) is 10.1 Å². The van der Waals surface area contributed by atoms with Crippen LogP contribution in [0.25, 0.3) is 0 Å². The number of nitrogens with zero attached hydrogens (tertiary/aromatic N) is 1. The third kappa shape index (κ3) is 5.13. The van der Waals surface area contributed by atoms with Gasteiger partial charge in [0.1, 0.15) is 5.82 Å². The number of hydrogen-bond acceptors (Lipinski definition) is 3. The standard InChI is InChI=1S/C21H18ClFN2O3S/c1-25(14-15-6-5-7-16(23)12-15)21(26)19-11-10-17(13-20(19)22)24-29(27,28)18-8-3-2-4-9-18/h2-13,24H,14H2,1H3. The van der Waals surface area contributed by atoms with Gasteiger partial charge in [-0.25, -0.2) is 12.8 Å². The maximum absolute atomic E-state index is 13.3. The zero-order valence-electron chi connectivity index (χ0n) is 15.5. The number of nitrogens with one attached hydrogen (secondary N) is 1. The minimum absolute atomic E-state index is 0.106. The fourth-order valence-electron chi connectivity index (χ4n) is 2.75. The third-order valence-corrected chi connectivity index (χ3v) is 5.87. The van der Waals surface area contributed by atoms with Crippen LogP contribution in [0, 0.1) is 5.82 Å². The molecule has 0 saturated heterocycles. The summed E-state index contributed by atoms with van der Waals surface area (Å²) in [4.78, 5) is 14.2. The molecule has 0 atom stereocenters. The van der Waals surface area contributed by atoms with Crippen molar-refractivity contribution in [1.82, 2.24) is 4.90 Å². The predicted octanol–water partition coefficient (Wildman–Crippen LogP) is 4.55. The zero-order chi connectivity index (χ0) is 21.0. The van der Waals surface area contributed by atoms with E-state index in [0.717, 1.165) is 0 Å². The minimum atomic E-state index is -3.76. The first kappa shape index (κ1) is 20.8. The van der Waals surface area contributed by atoms with E-state index in [0.29, 0.717) is 5.56 Å². The van der Waals surface area contributed by atoms with E-state index in [-0.39, 0.29) is 39.4 Å². The van der Waals surface area contributed by atoms with Crippen molar-refractivity contribution in [2.24, 2.45) is 0 Å². The van der Waals surface area contributed by atoms with Crippen LogP contribution >= 0.6 is 11.6 Å². The number of anilines is 1. The molecule has 29 heavy (non-hydrogen) atoms. The van der Waals surface area contributed by atoms with E-state index >= 15 is 0 Å². The van der Waals surface area contributed by atoms with Crippen LogP contribution in [0.3, 0.4) is 0 Å². The van der Waals surface area contributed by atoms with Crippen molar-refractivity contribution in [3.8, 4) is 0 Å². The Morgan fingerprint density at radius 3 is 2.41 bits per heavy atom. The molecule has 0 aliphatic rings. The largest absolute Gasteiger partial charge is 0.337 e. The molecule has 150 valence electrons. The van der Waals surface area contributed by atoms with E-state index in [1.54, 1.807) is 37.4 Å². The van der Waals surface area contributed by atoms with Crippen molar-refractivity contribution >= 4 is 33.2 Å². The Balaban J connectivity index is 1.76. The first-order chi connectivity index (χ1) is 13.8. The Morgan fingerprint density at radius 1 is 1.03 bits per heavy atom. The van der Waals surface area contributed by atoms with E-state index in [2.05, 4.69) is 4.72 Å². The van der Waals surface area contributed by atoms with Crippen LogP contribution in [0.15, 0.2) is 77.7 Å². The summed E-state index contributed by atoms with van der Waals surface area (Å²) in [6.07, 6.45) is 0. The number of halogens is 2. The summed E-state index contributed by atoms with van der Waals surface area (Å²) >= 11 is 6.23. The van der Waals surface area contributed by atoms with Crippen molar-refractivity contribution in [3.05, 3.63) is 94.8 Å². The van der Waals surface area contributed by atoms with E-state index in [1.807, 2.05) is 0 Å². The van der Waals surface area contributed by atoms with Gasteiger partial charge in [-0.05, 0) is 48.0 Å². The molecule has 0 saturated carbocycles. The summed E-state index contributed by atoms with van der Waals surface area (Å²) in [7, 11) is -2.18. The Hall–Kier alpha value is -2.90. The molecule has 0 unspecified atom stereocenters. The van der Waals surface area contributed by atoms with Crippen molar-refractivity contribution in [1.29, 1.82) is 0 Å². The number of sulfonamides is 1. The van der Waals surface area contributed by atoms with Gasteiger partial charge in [-0.3, -0.25) is 9.52 Å². The van der Waals surface area contributed by atoms with Gasteiger partial charge in [0, 0.05) is 13.6 Å². The van der Waals surface area contributed by atoms with Crippen molar-refractivity contribution < 1.29 is 17.6 Å². The second kappa shape index (κ2) is 8.63. The second-order valence-corrected chi connectivity index (χ2v) is 8.49. The maximum Gasteiger partial charge on any atom is 0.261 e. The molecule has 3 aromatic rings. The average molecular weight is 433 g/mol. The molecule has 0 aliphatic carbocycles. The Kier molecular flexibility index (Phi) is 6.20. The summed E-state index contributed by atoms with van der Waals surface area (Å²) in [5.74, 6) is -0.742. The Bertz CT molecular complexity index is 1140. The quantitative estimate of drug-likeness (QED) is 0.621. The Labute approximate surface area is 173 Å². The molecule has 0 fully saturated rings. The number of rotatable bonds is 6. The summed E-state index contributed by atoms with van der Waals surface area (Å²) in [6.45, 7) is 0.204. The molecule has 0 aliphatic heterocycles. The van der Waals surface area contributed by atoms with Gasteiger partial charge in [0.15, 0.2) is 0 Å². The van der Waals surface area contributed by atoms with Gasteiger partial charge >= 0.3 is 0 Å². The van der Waals surface area contributed by atoms with E-state index in [4.69, 9.17) is 11.6 Å². The van der Waals surface area contributed by atoms with Crippen molar-refractivity contribution in [3.63, 3.8) is 0 Å². The fraction of sp³-hybridized carbons (Fsp3) is 0.0952. The minimum Gasteiger partial charge on any atom is -0.337 e. The normalized spacial score (nSPS) is 11.1. The summed E-state index contributed by atoms with van der Waals surface area (Å²) in [6, 6.07) is 18.2. The summed E-state index contributed by atoms with van der Waals surface area (Å²) in [5, 5.41) is 0.106. The van der Waals surface area contributed by atoms with E-state index < -0.39 is 10.0 Å². The van der Waals surface area contributed by atoms with Crippen molar-refractivity contribution in [2.45, 2.75) is 11.4 Å². The lowest BCUT2D eigenvalue weighted by Crippen LogP contribution is -2.26. The highest BCUT2D eigenvalue weighted by molar-refractivity contribution is 7.92.